The number of H-pyrrole nitrogens is 1. The van der Waals surface area contributed by atoms with Gasteiger partial charge in [-0.1, -0.05) is 6.07 Å². The summed E-state index contributed by atoms with van der Waals surface area (Å²) in [5, 5.41) is 3.05. The summed E-state index contributed by atoms with van der Waals surface area (Å²) in [5.74, 6) is 1.00. The van der Waals surface area contributed by atoms with Crippen molar-refractivity contribution >= 4 is 16.9 Å². The predicted octanol–water partition coefficient (Wildman–Crippen LogP) is 1.12. The van der Waals surface area contributed by atoms with Crippen molar-refractivity contribution in [3.05, 3.63) is 29.6 Å². The van der Waals surface area contributed by atoms with Crippen molar-refractivity contribution in [2.24, 2.45) is 0 Å². The molecule has 6 heteroatoms. The van der Waals surface area contributed by atoms with Gasteiger partial charge in [0.05, 0.1) is 17.1 Å². The van der Waals surface area contributed by atoms with Gasteiger partial charge in [0.15, 0.2) is 0 Å². The highest BCUT2D eigenvalue weighted by molar-refractivity contribution is 5.81. The molecular formula is C17H25N5O. The molecule has 1 amide bonds. The van der Waals surface area contributed by atoms with Crippen LogP contribution < -0.4 is 5.32 Å². The van der Waals surface area contributed by atoms with Crippen LogP contribution in [0.15, 0.2) is 18.2 Å². The monoisotopic (exact) mass is 315 g/mol. The van der Waals surface area contributed by atoms with Gasteiger partial charge in [-0.05, 0) is 38.6 Å². The second-order valence-electron chi connectivity index (χ2n) is 6.41. The summed E-state index contributed by atoms with van der Waals surface area (Å²) >= 11 is 0. The minimum absolute atomic E-state index is 0.0816. The van der Waals surface area contributed by atoms with Gasteiger partial charge in [0.1, 0.15) is 5.82 Å². The first-order valence-electron chi connectivity index (χ1n) is 8.18. The molecule has 6 nitrogen and oxygen atoms in total. The molecule has 1 aliphatic rings. The number of piperazine rings is 1. The fraction of sp³-hybridized carbons (Fsp3) is 0.529. The SMILES string of the molecule is Cc1nc2ccc(CNC(=O)C(C)N3CCN(C)CC3)cc2[nH]1. The highest BCUT2D eigenvalue weighted by atomic mass is 16.2. The van der Waals surface area contributed by atoms with Crippen molar-refractivity contribution in [2.75, 3.05) is 33.2 Å². The van der Waals surface area contributed by atoms with Gasteiger partial charge in [0.2, 0.25) is 5.91 Å². The smallest absolute Gasteiger partial charge is 0.237 e. The summed E-state index contributed by atoms with van der Waals surface area (Å²) < 4.78 is 0. The van der Waals surface area contributed by atoms with E-state index in [0.717, 1.165) is 48.6 Å². The zero-order chi connectivity index (χ0) is 16.4. The molecule has 1 unspecified atom stereocenters. The van der Waals surface area contributed by atoms with Crippen molar-refractivity contribution in [2.45, 2.75) is 26.4 Å². The number of fused-ring (bicyclic) bond motifs is 1. The number of carbonyl (C=O) groups is 1. The Morgan fingerprint density at radius 2 is 2.09 bits per heavy atom. The molecule has 1 aromatic heterocycles. The normalized spacial score (nSPS) is 18.2. The lowest BCUT2D eigenvalue weighted by Gasteiger charge is -2.35. The van der Waals surface area contributed by atoms with E-state index in [1.54, 1.807) is 0 Å². The Morgan fingerprint density at radius 3 is 2.83 bits per heavy atom. The lowest BCUT2D eigenvalue weighted by Crippen LogP contribution is -2.52. The van der Waals surface area contributed by atoms with E-state index >= 15 is 0 Å². The van der Waals surface area contributed by atoms with Crippen LogP contribution >= 0.6 is 0 Å². The predicted molar refractivity (Wildman–Crippen MR) is 91.2 cm³/mol. The first-order chi connectivity index (χ1) is 11.0. The van der Waals surface area contributed by atoms with Gasteiger partial charge in [-0.15, -0.1) is 0 Å². The third-order valence-corrected chi connectivity index (χ3v) is 4.60. The number of hydrogen-bond donors (Lipinski definition) is 2. The number of benzene rings is 1. The van der Waals surface area contributed by atoms with E-state index in [2.05, 4.69) is 38.2 Å². The van der Waals surface area contributed by atoms with Crippen LogP contribution in [0.2, 0.25) is 0 Å². The fourth-order valence-electron chi connectivity index (χ4n) is 3.01. The molecule has 124 valence electrons. The standard InChI is InChI=1S/C17H25N5O/c1-12(22-8-6-21(3)7-9-22)17(23)18-11-14-4-5-15-16(10-14)20-13(2)19-15/h4-5,10,12H,6-9,11H2,1-3H3,(H,18,23)(H,19,20). The molecule has 1 saturated heterocycles. The van der Waals surface area contributed by atoms with Crippen LogP contribution in [-0.2, 0) is 11.3 Å². The second-order valence-corrected chi connectivity index (χ2v) is 6.41. The van der Waals surface area contributed by atoms with Gasteiger partial charge in [0.25, 0.3) is 0 Å². The third kappa shape index (κ3) is 3.71. The van der Waals surface area contributed by atoms with E-state index in [1.807, 2.05) is 26.0 Å². The van der Waals surface area contributed by atoms with Crippen LogP contribution in [0.3, 0.4) is 0 Å². The Hall–Kier alpha value is -1.92. The number of imidazole rings is 1. The summed E-state index contributed by atoms with van der Waals surface area (Å²) in [6.45, 7) is 8.42. The van der Waals surface area contributed by atoms with E-state index in [0.29, 0.717) is 6.54 Å². The lowest BCUT2D eigenvalue weighted by molar-refractivity contribution is -0.126. The Kier molecular flexibility index (Phi) is 4.63. The van der Waals surface area contributed by atoms with E-state index in [1.165, 1.54) is 0 Å². The molecule has 2 N–H and O–H groups in total. The number of nitrogens with one attached hydrogen (secondary N) is 2. The Labute approximate surface area is 136 Å². The highest BCUT2D eigenvalue weighted by Gasteiger charge is 2.24. The van der Waals surface area contributed by atoms with E-state index < -0.39 is 0 Å². The van der Waals surface area contributed by atoms with Gasteiger partial charge < -0.3 is 15.2 Å². The molecule has 3 rings (SSSR count). The molecule has 1 aliphatic heterocycles. The topological polar surface area (TPSA) is 64.3 Å². The molecule has 0 radical (unpaired) electrons. The van der Waals surface area contributed by atoms with Gasteiger partial charge in [-0.3, -0.25) is 9.69 Å². The summed E-state index contributed by atoms with van der Waals surface area (Å²) in [6.07, 6.45) is 0. The van der Waals surface area contributed by atoms with Crippen LogP contribution in [0.5, 0.6) is 0 Å². The first kappa shape index (κ1) is 16.0. The Balaban J connectivity index is 1.56. The molecule has 0 bridgehead atoms. The van der Waals surface area contributed by atoms with E-state index in [9.17, 15) is 4.79 Å². The quantitative estimate of drug-likeness (QED) is 0.887. The molecule has 1 atom stereocenters. The average Bonchev–Trinajstić information content (AvgIpc) is 2.92. The zero-order valence-electron chi connectivity index (χ0n) is 14.1. The molecule has 0 aliphatic carbocycles. The number of amides is 1. The summed E-state index contributed by atoms with van der Waals surface area (Å²) in [6, 6.07) is 5.98. The van der Waals surface area contributed by atoms with Gasteiger partial charge in [-0.2, -0.15) is 0 Å². The molecule has 1 fully saturated rings. The van der Waals surface area contributed by atoms with Crippen LogP contribution in [0.25, 0.3) is 11.0 Å². The van der Waals surface area contributed by atoms with Crippen LogP contribution in [0, 0.1) is 6.92 Å². The zero-order valence-corrected chi connectivity index (χ0v) is 14.1. The van der Waals surface area contributed by atoms with Crippen LogP contribution in [-0.4, -0.2) is 64.9 Å². The van der Waals surface area contributed by atoms with Gasteiger partial charge in [0, 0.05) is 32.7 Å². The number of aryl methyl sites for hydroxylation is 1. The number of likely N-dealkylation sites (N-methyl/N-ethyl adjacent to an activating group) is 1. The Bertz CT molecular complexity index is 687. The molecule has 2 aromatic rings. The van der Waals surface area contributed by atoms with E-state index in [4.69, 9.17) is 0 Å². The van der Waals surface area contributed by atoms with Crippen molar-refractivity contribution in [1.82, 2.24) is 25.1 Å². The molecule has 1 aromatic carbocycles. The summed E-state index contributed by atoms with van der Waals surface area (Å²) in [5.41, 5.74) is 3.06. The van der Waals surface area contributed by atoms with E-state index in [-0.39, 0.29) is 11.9 Å². The average molecular weight is 315 g/mol. The maximum atomic E-state index is 12.4. The third-order valence-electron chi connectivity index (χ3n) is 4.60. The minimum atomic E-state index is -0.0816. The number of rotatable bonds is 4. The van der Waals surface area contributed by atoms with Crippen molar-refractivity contribution < 1.29 is 4.79 Å². The highest BCUT2D eigenvalue weighted by Crippen LogP contribution is 2.13. The first-order valence-corrected chi connectivity index (χ1v) is 8.18. The maximum Gasteiger partial charge on any atom is 0.237 e. The van der Waals surface area contributed by atoms with Crippen molar-refractivity contribution in [1.29, 1.82) is 0 Å². The second kappa shape index (κ2) is 6.68. The number of hydrogen-bond acceptors (Lipinski definition) is 4. The fourth-order valence-corrected chi connectivity index (χ4v) is 3.01. The van der Waals surface area contributed by atoms with Crippen molar-refractivity contribution in [3.63, 3.8) is 0 Å². The Morgan fingerprint density at radius 1 is 1.35 bits per heavy atom. The lowest BCUT2D eigenvalue weighted by atomic mass is 10.2. The van der Waals surface area contributed by atoms with Crippen molar-refractivity contribution in [3.8, 4) is 0 Å². The minimum Gasteiger partial charge on any atom is -0.351 e. The van der Waals surface area contributed by atoms with Crippen LogP contribution in [0.1, 0.15) is 18.3 Å². The van der Waals surface area contributed by atoms with Gasteiger partial charge >= 0.3 is 0 Å². The van der Waals surface area contributed by atoms with Gasteiger partial charge in [-0.25, -0.2) is 4.98 Å². The number of aromatic amines is 1. The summed E-state index contributed by atoms with van der Waals surface area (Å²) in [4.78, 5) is 24.5. The number of nitrogens with zero attached hydrogens (tertiary/aromatic N) is 3. The largest absolute Gasteiger partial charge is 0.351 e. The molecule has 23 heavy (non-hydrogen) atoms. The molecular weight excluding hydrogens is 290 g/mol. The summed E-state index contributed by atoms with van der Waals surface area (Å²) in [7, 11) is 2.12. The number of aromatic nitrogens is 2. The van der Waals surface area contributed by atoms with Crippen LogP contribution in [0.4, 0.5) is 0 Å². The maximum absolute atomic E-state index is 12.4. The number of carbonyl (C=O) groups excluding carboxylic acids is 1. The molecule has 2 heterocycles. The molecule has 0 spiro atoms. The molecule has 0 saturated carbocycles.